The Labute approximate surface area is 146 Å². The number of carbonyl (C=O) groups excluding carboxylic acids is 1. The molecule has 1 heterocycles. The molecule has 2 aromatic carbocycles. The Bertz CT molecular complexity index is 939. The van der Waals surface area contributed by atoms with Gasteiger partial charge >= 0.3 is 0 Å². The van der Waals surface area contributed by atoms with Crippen molar-refractivity contribution in [3.05, 3.63) is 82.4 Å². The third kappa shape index (κ3) is 2.78. The van der Waals surface area contributed by atoms with E-state index < -0.39 is 0 Å². The van der Waals surface area contributed by atoms with Crippen molar-refractivity contribution in [2.75, 3.05) is 0 Å². The lowest BCUT2D eigenvalue weighted by atomic mass is 9.81. The fraction of sp³-hybridized carbons (Fsp3) is 0.238. The van der Waals surface area contributed by atoms with Gasteiger partial charge in [0.05, 0.1) is 22.6 Å². The summed E-state index contributed by atoms with van der Waals surface area (Å²) in [4.78, 5) is 12.7. The summed E-state index contributed by atoms with van der Waals surface area (Å²) in [5.74, 6) is -0.0838. The standard InChI is InChI=1S/C21H19FN2O/c1-13-3-9-18(10-4-13)24-19-11-16(15-5-7-17(22)8-6-15)12-20(25)21(19)14(2)23-24/h3-10,16H,11-12H2,1-2H3/t16-/m1/s1. The molecule has 0 N–H and O–H groups in total. The molecular formula is C21H19FN2O. The third-order valence-corrected chi connectivity index (χ3v) is 4.93. The number of aromatic nitrogens is 2. The van der Waals surface area contributed by atoms with Gasteiger partial charge in [-0.2, -0.15) is 5.10 Å². The molecule has 0 radical (unpaired) electrons. The Kier molecular flexibility index (Phi) is 3.75. The fourth-order valence-corrected chi connectivity index (χ4v) is 3.63. The molecule has 1 aliphatic carbocycles. The number of aryl methyl sites for hydroxylation is 2. The molecule has 25 heavy (non-hydrogen) atoms. The van der Waals surface area contributed by atoms with E-state index in [1.807, 2.05) is 42.8 Å². The monoisotopic (exact) mass is 334 g/mol. The van der Waals surface area contributed by atoms with Gasteiger partial charge in [-0.05, 0) is 56.0 Å². The number of benzene rings is 2. The SMILES string of the molecule is Cc1ccc(-n2nc(C)c3c2C[C@@H](c2ccc(F)cc2)CC3=O)cc1. The molecule has 0 amide bonds. The number of hydrogen-bond acceptors (Lipinski definition) is 2. The second-order valence-electron chi connectivity index (χ2n) is 6.73. The minimum atomic E-state index is -0.257. The lowest BCUT2D eigenvalue weighted by Gasteiger charge is -2.23. The summed E-state index contributed by atoms with van der Waals surface area (Å²) < 4.78 is 15.1. The van der Waals surface area contributed by atoms with Crippen molar-refractivity contribution in [1.82, 2.24) is 9.78 Å². The summed E-state index contributed by atoms with van der Waals surface area (Å²) in [5.41, 5.74) is 5.61. The lowest BCUT2D eigenvalue weighted by Crippen LogP contribution is -2.20. The average Bonchev–Trinajstić information content (AvgIpc) is 2.93. The van der Waals surface area contributed by atoms with Crippen LogP contribution < -0.4 is 0 Å². The highest BCUT2D eigenvalue weighted by molar-refractivity contribution is 6.00. The number of ketones is 1. The van der Waals surface area contributed by atoms with Crippen LogP contribution in [-0.4, -0.2) is 15.6 Å². The summed E-state index contributed by atoms with van der Waals surface area (Å²) in [6.07, 6.45) is 1.17. The van der Waals surface area contributed by atoms with Gasteiger partial charge in [0.25, 0.3) is 0 Å². The molecule has 0 bridgehead atoms. The van der Waals surface area contributed by atoms with Crippen molar-refractivity contribution in [3.63, 3.8) is 0 Å². The molecule has 126 valence electrons. The molecule has 4 rings (SSSR count). The zero-order chi connectivity index (χ0) is 17.6. The maximum absolute atomic E-state index is 13.2. The van der Waals surface area contributed by atoms with E-state index in [0.29, 0.717) is 6.42 Å². The van der Waals surface area contributed by atoms with Crippen LogP contribution in [-0.2, 0) is 6.42 Å². The van der Waals surface area contributed by atoms with Crippen molar-refractivity contribution >= 4 is 5.78 Å². The molecule has 3 nitrogen and oxygen atoms in total. The first-order chi connectivity index (χ1) is 12.0. The minimum absolute atomic E-state index is 0.0564. The van der Waals surface area contributed by atoms with Gasteiger partial charge in [0.2, 0.25) is 0 Å². The van der Waals surface area contributed by atoms with E-state index >= 15 is 0 Å². The smallest absolute Gasteiger partial charge is 0.167 e. The van der Waals surface area contributed by atoms with Gasteiger partial charge in [0.15, 0.2) is 5.78 Å². The van der Waals surface area contributed by atoms with Crippen LogP contribution in [0.4, 0.5) is 4.39 Å². The Morgan fingerprint density at radius 2 is 1.68 bits per heavy atom. The summed E-state index contributed by atoms with van der Waals surface area (Å²) in [6, 6.07) is 14.6. The zero-order valence-electron chi connectivity index (χ0n) is 14.3. The van der Waals surface area contributed by atoms with Crippen LogP contribution >= 0.6 is 0 Å². The van der Waals surface area contributed by atoms with Gasteiger partial charge in [0.1, 0.15) is 5.82 Å². The van der Waals surface area contributed by atoms with Crippen molar-refractivity contribution in [1.29, 1.82) is 0 Å². The molecule has 0 saturated carbocycles. The normalized spacial score (nSPS) is 16.8. The van der Waals surface area contributed by atoms with E-state index in [-0.39, 0.29) is 17.5 Å². The van der Waals surface area contributed by atoms with Gasteiger partial charge in [-0.1, -0.05) is 29.8 Å². The molecule has 0 spiro atoms. The number of nitrogens with zero attached hydrogens (tertiary/aromatic N) is 2. The molecule has 1 aromatic heterocycles. The van der Waals surface area contributed by atoms with Crippen LogP contribution in [0.25, 0.3) is 5.69 Å². The first-order valence-corrected chi connectivity index (χ1v) is 8.47. The fourth-order valence-electron chi connectivity index (χ4n) is 3.63. The largest absolute Gasteiger partial charge is 0.294 e. The summed E-state index contributed by atoms with van der Waals surface area (Å²) in [5, 5.41) is 4.62. The quantitative estimate of drug-likeness (QED) is 0.689. The summed E-state index contributed by atoms with van der Waals surface area (Å²) in [6.45, 7) is 3.93. The predicted molar refractivity (Wildman–Crippen MR) is 94.8 cm³/mol. The molecule has 0 aliphatic heterocycles. The maximum atomic E-state index is 13.2. The number of halogens is 1. The zero-order valence-corrected chi connectivity index (χ0v) is 14.3. The van der Waals surface area contributed by atoms with Crippen LogP contribution in [0.2, 0.25) is 0 Å². The Morgan fingerprint density at radius 1 is 1.00 bits per heavy atom. The van der Waals surface area contributed by atoms with Crippen molar-refractivity contribution in [3.8, 4) is 5.69 Å². The molecule has 1 aliphatic rings. The average molecular weight is 334 g/mol. The van der Waals surface area contributed by atoms with Crippen LogP contribution in [0.1, 0.15) is 45.2 Å². The summed E-state index contributed by atoms with van der Waals surface area (Å²) >= 11 is 0. The first-order valence-electron chi connectivity index (χ1n) is 8.47. The van der Waals surface area contributed by atoms with Gasteiger partial charge in [0, 0.05) is 6.42 Å². The van der Waals surface area contributed by atoms with Crippen LogP contribution in [0, 0.1) is 19.7 Å². The predicted octanol–water partition coefficient (Wildman–Crippen LogP) is 4.54. The first kappa shape index (κ1) is 15.8. The summed E-state index contributed by atoms with van der Waals surface area (Å²) in [7, 11) is 0. The molecule has 3 aromatic rings. The topological polar surface area (TPSA) is 34.9 Å². The number of hydrogen-bond donors (Lipinski definition) is 0. The number of carbonyl (C=O) groups is 1. The lowest BCUT2D eigenvalue weighted by molar-refractivity contribution is 0.0963. The van der Waals surface area contributed by atoms with Gasteiger partial charge in [-0.15, -0.1) is 0 Å². The molecule has 0 unspecified atom stereocenters. The van der Waals surface area contributed by atoms with Crippen LogP contribution in [0.15, 0.2) is 48.5 Å². The Hall–Kier alpha value is -2.75. The van der Waals surface area contributed by atoms with Crippen molar-refractivity contribution < 1.29 is 9.18 Å². The number of Topliss-reactive ketones (excluding diaryl/α,β-unsaturated/α-hetero) is 1. The van der Waals surface area contributed by atoms with Crippen molar-refractivity contribution in [2.24, 2.45) is 0 Å². The van der Waals surface area contributed by atoms with E-state index in [9.17, 15) is 9.18 Å². The molecule has 1 atom stereocenters. The highest BCUT2D eigenvalue weighted by Gasteiger charge is 2.32. The Morgan fingerprint density at radius 3 is 2.36 bits per heavy atom. The third-order valence-electron chi connectivity index (χ3n) is 4.93. The van der Waals surface area contributed by atoms with Gasteiger partial charge in [-0.3, -0.25) is 4.79 Å². The second kappa shape index (κ2) is 5.96. The highest BCUT2D eigenvalue weighted by atomic mass is 19.1. The van der Waals surface area contributed by atoms with E-state index in [1.54, 1.807) is 12.1 Å². The van der Waals surface area contributed by atoms with E-state index in [1.165, 1.54) is 17.7 Å². The van der Waals surface area contributed by atoms with Gasteiger partial charge in [-0.25, -0.2) is 9.07 Å². The van der Waals surface area contributed by atoms with E-state index in [0.717, 1.165) is 34.6 Å². The molecule has 0 saturated heterocycles. The molecule has 0 fully saturated rings. The van der Waals surface area contributed by atoms with Gasteiger partial charge < -0.3 is 0 Å². The number of rotatable bonds is 2. The molecule has 4 heteroatoms. The van der Waals surface area contributed by atoms with Crippen molar-refractivity contribution in [2.45, 2.75) is 32.6 Å². The maximum Gasteiger partial charge on any atom is 0.167 e. The van der Waals surface area contributed by atoms with E-state index in [2.05, 4.69) is 5.10 Å². The Balaban J connectivity index is 1.78. The minimum Gasteiger partial charge on any atom is -0.294 e. The number of fused-ring (bicyclic) bond motifs is 1. The van der Waals surface area contributed by atoms with Crippen LogP contribution in [0.3, 0.4) is 0 Å². The highest BCUT2D eigenvalue weighted by Crippen LogP contribution is 2.35. The second-order valence-corrected chi connectivity index (χ2v) is 6.73. The molecular weight excluding hydrogens is 315 g/mol. The van der Waals surface area contributed by atoms with Crippen LogP contribution in [0.5, 0.6) is 0 Å². The van der Waals surface area contributed by atoms with E-state index in [4.69, 9.17) is 0 Å².